The highest BCUT2D eigenvalue weighted by molar-refractivity contribution is 5.81. The van der Waals surface area contributed by atoms with Crippen LogP contribution in [-0.2, 0) is 9.59 Å². The van der Waals surface area contributed by atoms with Crippen LogP contribution in [0.15, 0.2) is 0 Å². The second kappa shape index (κ2) is 5.87. The number of carbonyl (C=O) groups excluding carboxylic acids is 2. The number of amides is 2. The molecule has 0 aliphatic heterocycles. The molecule has 0 saturated heterocycles. The molecular formula is C12H24N2O2. The molecule has 0 atom stereocenters. The quantitative estimate of drug-likeness (QED) is 0.791. The lowest BCUT2D eigenvalue weighted by atomic mass is 9.96. The highest BCUT2D eigenvalue weighted by Crippen LogP contribution is 2.12. The van der Waals surface area contributed by atoms with Gasteiger partial charge in [-0.2, -0.15) is 0 Å². The van der Waals surface area contributed by atoms with Gasteiger partial charge in [-0.1, -0.05) is 20.8 Å². The summed E-state index contributed by atoms with van der Waals surface area (Å²) in [4.78, 5) is 24.6. The van der Waals surface area contributed by atoms with Gasteiger partial charge in [-0.3, -0.25) is 9.59 Å². The average molecular weight is 228 g/mol. The van der Waals surface area contributed by atoms with E-state index in [1.807, 2.05) is 34.6 Å². The van der Waals surface area contributed by atoms with Crippen LogP contribution in [-0.4, -0.2) is 35.8 Å². The molecule has 4 nitrogen and oxygen atoms in total. The zero-order valence-corrected chi connectivity index (χ0v) is 11.3. The van der Waals surface area contributed by atoms with Gasteiger partial charge in [0, 0.05) is 31.5 Å². The number of hydrogen-bond acceptors (Lipinski definition) is 2. The topological polar surface area (TPSA) is 49.4 Å². The molecule has 16 heavy (non-hydrogen) atoms. The van der Waals surface area contributed by atoms with E-state index in [4.69, 9.17) is 0 Å². The van der Waals surface area contributed by atoms with E-state index in [0.29, 0.717) is 13.1 Å². The smallest absolute Gasteiger partial charge is 0.225 e. The summed E-state index contributed by atoms with van der Waals surface area (Å²) in [7, 11) is 0. The molecule has 0 aliphatic rings. The predicted octanol–water partition coefficient (Wildman–Crippen LogP) is 1.41. The van der Waals surface area contributed by atoms with E-state index in [1.165, 1.54) is 0 Å². The maximum absolute atomic E-state index is 11.6. The van der Waals surface area contributed by atoms with E-state index in [2.05, 4.69) is 5.32 Å². The van der Waals surface area contributed by atoms with E-state index in [1.54, 1.807) is 11.8 Å². The van der Waals surface area contributed by atoms with Crippen LogP contribution in [0.1, 0.15) is 41.5 Å². The number of rotatable bonds is 4. The van der Waals surface area contributed by atoms with Gasteiger partial charge < -0.3 is 10.2 Å². The van der Waals surface area contributed by atoms with Gasteiger partial charge in [-0.05, 0) is 13.8 Å². The Labute approximate surface area is 98.4 Å². The fourth-order valence-corrected chi connectivity index (χ4v) is 1.33. The monoisotopic (exact) mass is 228 g/mol. The van der Waals surface area contributed by atoms with Gasteiger partial charge in [0.25, 0.3) is 0 Å². The van der Waals surface area contributed by atoms with Crippen molar-refractivity contribution in [1.29, 1.82) is 0 Å². The van der Waals surface area contributed by atoms with E-state index >= 15 is 0 Å². The summed E-state index contributed by atoms with van der Waals surface area (Å²) in [5, 5.41) is 2.83. The van der Waals surface area contributed by atoms with Gasteiger partial charge in [-0.25, -0.2) is 0 Å². The molecule has 1 N–H and O–H groups in total. The fourth-order valence-electron chi connectivity index (χ4n) is 1.33. The highest BCUT2D eigenvalue weighted by atomic mass is 16.2. The van der Waals surface area contributed by atoms with Crippen molar-refractivity contribution in [2.45, 2.75) is 47.6 Å². The van der Waals surface area contributed by atoms with Crippen molar-refractivity contribution in [2.24, 2.45) is 5.41 Å². The molecule has 0 spiro atoms. The minimum atomic E-state index is -0.376. The van der Waals surface area contributed by atoms with Crippen molar-refractivity contribution in [3.05, 3.63) is 0 Å². The molecule has 2 amide bonds. The Morgan fingerprint density at radius 1 is 1.25 bits per heavy atom. The van der Waals surface area contributed by atoms with Crippen LogP contribution in [0.2, 0.25) is 0 Å². The van der Waals surface area contributed by atoms with Crippen molar-refractivity contribution in [2.75, 3.05) is 13.1 Å². The fraction of sp³-hybridized carbons (Fsp3) is 0.833. The third-order valence-electron chi connectivity index (χ3n) is 2.35. The van der Waals surface area contributed by atoms with Gasteiger partial charge in [-0.15, -0.1) is 0 Å². The molecule has 0 unspecified atom stereocenters. The molecule has 0 bridgehead atoms. The van der Waals surface area contributed by atoms with E-state index in [9.17, 15) is 9.59 Å². The second-order valence-corrected chi connectivity index (χ2v) is 5.31. The Hall–Kier alpha value is -1.06. The molecule has 0 aromatic rings. The lowest BCUT2D eigenvalue weighted by Crippen LogP contribution is -2.43. The Morgan fingerprint density at radius 3 is 2.06 bits per heavy atom. The summed E-state index contributed by atoms with van der Waals surface area (Å²) in [6.45, 7) is 12.2. The molecule has 0 aromatic heterocycles. The van der Waals surface area contributed by atoms with Crippen LogP contribution in [0, 0.1) is 5.41 Å². The summed E-state index contributed by atoms with van der Waals surface area (Å²) in [5.41, 5.74) is -0.376. The third kappa shape index (κ3) is 5.14. The van der Waals surface area contributed by atoms with Gasteiger partial charge in [0.15, 0.2) is 0 Å². The summed E-state index contributed by atoms with van der Waals surface area (Å²) in [6, 6.07) is 0.170. The number of carbonyl (C=O) groups is 2. The molecule has 4 heteroatoms. The third-order valence-corrected chi connectivity index (χ3v) is 2.35. The normalized spacial score (nSPS) is 11.4. The Bertz CT molecular complexity index is 254. The van der Waals surface area contributed by atoms with Crippen molar-refractivity contribution < 1.29 is 9.59 Å². The van der Waals surface area contributed by atoms with Gasteiger partial charge in [0.05, 0.1) is 0 Å². The Morgan fingerprint density at radius 2 is 1.75 bits per heavy atom. The lowest BCUT2D eigenvalue weighted by Gasteiger charge is -2.26. The molecule has 0 fully saturated rings. The largest absolute Gasteiger partial charge is 0.354 e. The summed E-state index contributed by atoms with van der Waals surface area (Å²) in [5.74, 6) is 0.0553. The van der Waals surface area contributed by atoms with Crippen molar-refractivity contribution in [1.82, 2.24) is 10.2 Å². The van der Waals surface area contributed by atoms with Crippen molar-refractivity contribution in [3.63, 3.8) is 0 Å². The highest BCUT2D eigenvalue weighted by Gasteiger charge is 2.21. The van der Waals surface area contributed by atoms with Crippen LogP contribution in [0.25, 0.3) is 0 Å². The van der Waals surface area contributed by atoms with Crippen molar-refractivity contribution in [3.8, 4) is 0 Å². The molecule has 0 saturated carbocycles. The number of nitrogens with one attached hydrogen (secondary N) is 1. The first kappa shape index (κ1) is 14.9. The Kier molecular flexibility index (Phi) is 5.48. The van der Waals surface area contributed by atoms with Crippen LogP contribution < -0.4 is 5.32 Å². The first-order chi connectivity index (χ1) is 7.16. The minimum absolute atomic E-state index is 0.0137. The van der Waals surface area contributed by atoms with Crippen molar-refractivity contribution >= 4 is 11.8 Å². The Balaban J connectivity index is 4.06. The van der Waals surface area contributed by atoms with E-state index in [-0.39, 0.29) is 23.3 Å². The minimum Gasteiger partial charge on any atom is -0.354 e. The van der Waals surface area contributed by atoms with Crippen LogP contribution in [0.5, 0.6) is 0 Å². The molecule has 94 valence electrons. The molecule has 0 aliphatic carbocycles. The zero-order chi connectivity index (χ0) is 12.9. The standard InChI is InChI=1S/C12H24N2O2/c1-9(2)14(10(3)15)8-7-13-11(16)12(4,5)6/h9H,7-8H2,1-6H3,(H,13,16). The van der Waals surface area contributed by atoms with Crippen LogP contribution >= 0.6 is 0 Å². The molecular weight excluding hydrogens is 204 g/mol. The van der Waals surface area contributed by atoms with E-state index < -0.39 is 0 Å². The summed E-state index contributed by atoms with van der Waals surface area (Å²) < 4.78 is 0. The maximum Gasteiger partial charge on any atom is 0.225 e. The first-order valence-electron chi connectivity index (χ1n) is 5.71. The predicted molar refractivity (Wildman–Crippen MR) is 65.0 cm³/mol. The number of hydrogen-bond donors (Lipinski definition) is 1. The number of nitrogens with zero attached hydrogens (tertiary/aromatic N) is 1. The molecule has 0 aromatic carbocycles. The molecule has 0 rings (SSSR count). The first-order valence-corrected chi connectivity index (χ1v) is 5.71. The van der Waals surface area contributed by atoms with E-state index in [0.717, 1.165) is 0 Å². The van der Waals surface area contributed by atoms with Gasteiger partial charge in [0.1, 0.15) is 0 Å². The zero-order valence-electron chi connectivity index (χ0n) is 11.3. The summed E-state index contributed by atoms with van der Waals surface area (Å²) in [6.07, 6.45) is 0. The van der Waals surface area contributed by atoms with Crippen LogP contribution in [0.3, 0.4) is 0 Å². The summed E-state index contributed by atoms with van der Waals surface area (Å²) >= 11 is 0. The van der Waals surface area contributed by atoms with Crippen LogP contribution in [0.4, 0.5) is 0 Å². The lowest BCUT2D eigenvalue weighted by molar-refractivity contribution is -0.132. The van der Waals surface area contributed by atoms with Gasteiger partial charge in [0.2, 0.25) is 11.8 Å². The molecule has 0 radical (unpaired) electrons. The van der Waals surface area contributed by atoms with Gasteiger partial charge >= 0.3 is 0 Å². The molecule has 0 heterocycles. The SMILES string of the molecule is CC(=O)N(CCNC(=O)C(C)(C)C)C(C)C. The average Bonchev–Trinajstić information content (AvgIpc) is 2.08. The second-order valence-electron chi connectivity index (χ2n) is 5.31. The maximum atomic E-state index is 11.6.